The zero-order chi connectivity index (χ0) is 20.4. The fourth-order valence-corrected chi connectivity index (χ4v) is 3.94. The number of nitrogens with one attached hydrogen (secondary N) is 2. The van der Waals surface area contributed by atoms with E-state index in [1.165, 1.54) is 0 Å². The van der Waals surface area contributed by atoms with Gasteiger partial charge in [-0.25, -0.2) is 9.18 Å². The van der Waals surface area contributed by atoms with Crippen LogP contribution in [0.3, 0.4) is 0 Å². The van der Waals surface area contributed by atoms with E-state index in [0.29, 0.717) is 42.3 Å². The first-order valence-corrected chi connectivity index (χ1v) is 9.69. The Morgan fingerprint density at radius 3 is 2.79 bits per heavy atom. The van der Waals surface area contributed by atoms with Crippen molar-refractivity contribution in [1.82, 2.24) is 15.1 Å². The maximum absolute atomic E-state index is 13.2. The Bertz CT molecular complexity index is 1100. The van der Waals surface area contributed by atoms with Gasteiger partial charge in [-0.15, -0.1) is 0 Å². The van der Waals surface area contributed by atoms with Crippen LogP contribution in [0.15, 0.2) is 42.5 Å². The van der Waals surface area contributed by atoms with Crippen molar-refractivity contribution in [3.63, 3.8) is 0 Å². The van der Waals surface area contributed by atoms with E-state index in [9.17, 15) is 14.4 Å². The summed E-state index contributed by atoms with van der Waals surface area (Å²) >= 11 is 6.01. The highest BCUT2D eigenvalue weighted by atomic mass is 35.5. The number of likely N-dealkylation sites (tertiary alicyclic amines) is 1. The van der Waals surface area contributed by atoms with Crippen molar-refractivity contribution in [3.8, 4) is 6.07 Å². The van der Waals surface area contributed by atoms with Crippen molar-refractivity contribution >= 4 is 34.4 Å². The van der Waals surface area contributed by atoms with Gasteiger partial charge in [0.15, 0.2) is 5.82 Å². The number of benzene rings is 2. The van der Waals surface area contributed by atoms with Gasteiger partial charge in [0.1, 0.15) is 6.67 Å². The van der Waals surface area contributed by atoms with Crippen LogP contribution in [0, 0.1) is 11.3 Å². The Labute approximate surface area is 172 Å². The van der Waals surface area contributed by atoms with Gasteiger partial charge in [0.05, 0.1) is 17.0 Å². The van der Waals surface area contributed by atoms with Gasteiger partial charge in [0.25, 0.3) is 0 Å². The maximum Gasteiger partial charge on any atom is 0.323 e. The molecule has 3 aromatic rings. The molecule has 2 amide bonds. The number of urea groups is 1. The Hall–Kier alpha value is -3.11. The lowest BCUT2D eigenvalue weighted by Gasteiger charge is -2.37. The molecule has 2 aromatic carbocycles. The first kappa shape index (κ1) is 19.2. The number of amides is 2. The summed E-state index contributed by atoms with van der Waals surface area (Å²) in [5, 5.41) is 21.0. The molecule has 0 radical (unpaired) electrons. The van der Waals surface area contributed by atoms with E-state index in [1.54, 1.807) is 23.1 Å². The number of carbonyl (C=O) groups is 1. The number of anilines is 1. The van der Waals surface area contributed by atoms with Crippen LogP contribution in [0.5, 0.6) is 0 Å². The molecule has 1 aliphatic rings. The summed E-state index contributed by atoms with van der Waals surface area (Å²) in [5.74, 6) is 0.480. The summed E-state index contributed by atoms with van der Waals surface area (Å²) in [6, 6.07) is 14.8. The number of piperidine rings is 1. The number of nitrogens with zero attached hydrogens (tertiary/aromatic N) is 3. The fourth-order valence-electron chi connectivity index (χ4n) is 3.77. The van der Waals surface area contributed by atoms with Crippen LogP contribution >= 0.6 is 11.6 Å². The van der Waals surface area contributed by atoms with E-state index in [1.807, 2.05) is 24.3 Å². The predicted molar refractivity (Wildman–Crippen MR) is 109 cm³/mol. The minimum absolute atomic E-state index is 0.255. The number of alkyl halides is 1. The lowest BCUT2D eigenvalue weighted by molar-refractivity contribution is 0.183. The second-order valence-corrected chi connectivity index (χ2v) is 7.58. The van der Waals surface area contributed by atoms with Crippen LogP contribution in [0.2, 0.25) is 5.02 Å². The molecule has 29 heavy (non-hydrogen) atoms. The summed E-state index contributed by atoms with van der Waals surface area (Å²) in [7, 11) is 0. The number of halogens is 2. The van der Waals surface area contributed by atoms with Crippen LogP contribution in [0.25, 0.3) is 10.9 Å². The molecular formula is C21H19ClFN5O. The number of carbonyl (C=O) groups excluding carboxylic acids is 1. The van der Waals surface area contributed by atoms with E-state index >= 15 is 0 Å². The van der Waals surface area contributed by atoms with E-state index in [2.05, 4.69) is 21.6 Å². The number of hydrogen-bond acceptors (Lipinski definition) is 3. The molecule has 1 aromatic heterocycles. The van der Waals surface area contributed by atoms with E-state index in [0.717, 1.165) is 16.5 Å². The van der Waals surface area contributed by atoms with Crippen molar-refractivity contribution in [2.75, 3.05) is 18.4 Å². The van der Waals surface area contributed by atoms with Crippen molar-refractivity contribution < 1.29 is 9.18 Å². The number of fused-ring (bicyclic) bond motifs is 1. The van der Waals surface area contributed by atoms with Crippen LogP contribution in [-0.2, 0) is 12.1 Å². The lowest BCUT2D eigenvalue weighted by Crippen LogP contribution is -2.46. The standard InChI is InChI=1S/C21H19ClFN5O/c22-17-6-5-15(11-14(17)12-23)21(13-24)7-9-28(10-8-21)20(29)25-19-16-3-1-2-4-18(16)26-27-19/h1-6,11H,7-10,12H2,(H2,25,26,27,29). The smallest absolute Gasteiger partial charge is 0.323 e. The molecule has 1 saturated heterocycles. The van der Waals surface area contributed by atoms with Crippen molar-refractivity contribution in [3.05, 3.63) is 58.6 Å². The van der Waals surface area contributed by atoms with Gasteiger partial charge in [0.2, 0.25) is 0 Å². The summed E-state index contributed by atoms with van der Waals surface area (Å²) in [4.78, 5) is 14.4. The monoisotopic (exact) mass is 411 g/mol. The molecule has 0 aliphatic carbocycles. The van der Waals surface area contributed by atoms with Gasteiger partial charge in [-0.3, -0.25) is 10.4 Å². The van der Waals surface area contributed by atoms with E-state index < -0.39 is 12.1 Å². The third-order valence-corrected chi connectivity index (χ3v) is 5.92. The molecule has 2 heterocycles. The van der Waals surface area contributed by atoms with Gasteiger partial charge >= 0.3 is 6.03 Å². The fraction of sp³-hybridized carbons (Fsp3) is 0.286. The molecule has 148 valence electrons. The first-order valence-electron chi connectivity index (χ1n) is 9.31. The summed E-state index contributed by atoms with van der Waals surface area (Å²) in [6.07, 6.45) is 0.928. The number of rotatable bonds is 3. The maximum atomic E-state index is 13.2. The number of aromatic nitrogens is 2. The first-order chi connectivity index (χ1) is 14.1. The lowest BCUT2D eigenvalue weighted by atomic mass is 9.73. The summed E-state index contributed by atoms with van der Waals surface area (Å²) < 4.78 is 13.2. The highest BCUT2D eigenvalue weighted by Gasteiger charge is 2.38. The van der Waals surface area contributed by atoms with Crippen molar-refractivity contribution in [2.45, 2.75) is 24.9 Å². The highest BCUT2D eigenvalue weighted by molar-refractivity contribution is 6.31. The number of H-pyrrole nitrogens is 1. The molecule has 0 unspecified atom stereocenters. The molecule has 0 bridgehead atoms. The Balaban J connectivity index is 1.48. The predicted octanol–water partition coefficient (Wildman–Crippen LogP) is 4.78. The van der Waals surface area contributed by atoms with Crippen molar-refractivity contribution in [1.29, 1.82) is 5.26 Å². The van der Waals surface area contributed by atoms with Crippen LogP contribution in [0.4, 0.5) is 15.0 Å². The second-order valence-electron chi connectivity index (χ2n) is 7.17. The second kappa shape index (κ2) is 7.72. The average Bonchev–Trinajstić information content (AvgIpc) is 3.17. The van der Waals surface area contributed by atoms with Crippen LogP contribution < -0.4 is 5.32 Å². The summed E-state index contributed by atoms with van der Waals surface area (Å²) in [6.45, 7) is 0.144. The Kier molecular flexibility index (Phi) is 5.12. The van der Waals surface area contributed by atoms with Crippen LogP contribution in [0.1, 0.15) is 24.0 Å². The zero-order valence-electron chi connectivity index (χ0n) is 15.6. The van der Waals surface area contributed by atoms with Gasteiger partial charge in [0, 0.05) is 29.1 Å². The number of hydrogen-bond donors (Lipinski definition) is 2. The van der Waals surface area contributed by atoms with Gasteiger partial charge in [-0.2, -0.15) is 10.4 Å². The number of nitriles is 1. The average molecular weight is 412 g/mol. The largest absolute Gasteiger partial charge is 0.324 e. The Morgan fingerprint density at radius 1 is 1.31 bits per heavy atom. The number of aromatic amines is 1. The van der Waals surface area contributed by atoms with Crippen molar-refractivity contribution in [2.24, 2.45) is 0 Å². The SMILES string of the molecule is N#CC1(c2ccc(Cl)c(CF)c2)CCN(C(=O)Nc2n[nH]c3ccccc23)CC1. The normalized spacial score (nSPS) is 15.8. The van der Waals surface area contributed by atoms with E-state index in [4.69, 9.17) is 11.6 Å². The molecular weight excluding hydrogens is 393 g/mol. The van der Waals surface area contributed by atoms with Crippen LogP contribution in [-0.4, -0.2) is 34.2 Å². The molecule has 4 rings (SSSR count). The molecule has 0 spiro atoms. The minimum Gasteiger partial charge on any atom is -0.324 e. The third kappa shape index (κ3) is 3.52. The molecule has 6 nitrogen and oxygen atoms in total. The zero-order valence-corrected chi connectivity index (χ0v) is 16.3. The Morgan fingerprint density at radius 2 is 2.07 bits per heavy atom. The quantitative estimate of drug-likeness (QED) is 0.650. The molecule has 0 atom stereocenters. The molecule has 0 saturated carbocycles. The molecule has 1 aliphatic heterocycles. The third-order valence-electron chi connectivity index (χ3n) is 5.56. The molecule has 2 N–H and O–H groups in total. The summed E-state index contributed by atoms with van der Waals surface area (Å²) in [5.41, 5.74) is 1.21. The number of para-hydroxylation sites is 1. The minimum atomic E-state index is -0.760. The van der Waals surface area contributed by atoms with Gasteiger partial charge in [-0.1, -0.05) is 35.9 Å². The van der Waals surface area contributed by atoms with Gasteiger partial charge < -0.3 is 4.90 Å². The van der Waals surface area contributed by atoms with Gasteiger partial charge in [-0.05, 0) is 36.6 Å². The molecule has 1 fully saturated rings. The highest BCUT2D eigenvalue weighted by Crippen LogP contribution is 2.37. The molecule has 8 heteroatoms. The topological polar surface area (TPSA) is 84.8 Å². The van der Waals surface area contributed by atoms with E-state index in [-0.39, 0.29) is 6.03 Å².